The van der Waals surface area contributed by atoms with E-state index in [4.69, 9.17) is 0 Å². The predicted octanol–water partition coefficient (Wildman–Crippen LogP) is 24.7. The van der Waals surface area contributed by atoms with Crippen molar-refractivity contribution < 1.29 is 0 Å². The number of hydrogen-bond donors (Lipinski definition) is 3. The molecule has 15 aromatic carbocycles. The lowest BCUT2D eigenvalue weighted by Gasteiger charge is -2.22. The van der Waals surface area contributed by atoms with Crippen molar-refractivity contribution in [2.75, 3.05) is 16.0 Å². The van der Waals surface area contributed by atoms with Gasteiger partial charge in [0.15, 0.2) is 0 Å². The van der Waals surface area contributed by atoms with Crippen LogP contribution >= 0.6 is 0 Å². The third-order valence-corrected chi connectivity index (χ3v) is 19.3. The van der Waals surface area contributed by atoms with Gasteiger partial charge in [-0.2, -0.15) is 0 Å². The molecule has 462 valence electrons. The van der Waals surface area contributed by atoms with Crippen molar-refractivity contribution in [3.8, 4) is 39.3 Å². The van der Waals surface area contributed by atoms with E-state index in [0.29, 0.717) is 0 Å². The van der Waals surface area contributed by atoms with E-state index in [0.717, 1.165) is 34.1 Å². The zero-order chi connectivity index (χ0) is 64.8. The average molecular weight is 1250 g/mol. The molecule has 18 aromatic rings. The third-order valence-electron chi connectivity index (χ3n) is 19.3. The highest BCUT2D eigenvalue weighted by Gasteiger charge is 2.35. The average Bonchev–Trinajstić information content (AvgIpc) is 1.61. The van der Waals surface area contributed by atoms with Gasteiger partial charge in [0.2, 0.25) is 0 Å². The lowest BCUT2D eigenvalue weighted by atomic mass is 9.82. The zero-order valence-corrected chi connectivity index (χ0v) is 53.9. The molecule has 19 rings (SSSR count). The third kappa shape index (κ3) is 10.9. The molecule has 0 bridgehead atoms. The molecule has 1 aliphatic carbocycles. The molecule has 97 heavy (non-hydrogen) atoms. The fourth-order valence-corrected chi connectivity index (χ4v) is 14.6. The SMILES string of the molecule is CC1(C)c2ccccc2-c2ccc(Nc3ccc4c(c3)c3ccccc3n4-c3ccccc3)cc21.c1ccc(-c2ccc(Nc3ccc4c(c3)c3ccccc3n4-c3ccccc3)cc2)cc1.c1ccc(-n2c3ccccc3c3cc(Nc4ccc5ccccc5c4)ccc32)cc1. The molecular weight excluding hydrogens is 1180 g/mol. The van der Waals surface area contributed by atoms with E-state index in [9.17, 15) is 0 Å². The molecule has 3 N–H and O–H groups in total. The first kappa shape index (κ1) is 58.2. The van der Waals surface area contributed by atoms with Crippen LogP contribution < -0.4 is 16.0 Å². The van der Waals surface area contributed by atoms with E-state index in [1.54, 1.807) is 0 Å². The van der Waals surface area contributed by atoms with Crippen LogP contribution in [0.4, 0.5) is 34.1 Å². The molecule has 0 radical (unpaired) electrons. The van der Waals surface area contributed by atoms with E-state index in [-0.39, 0.29) is 5.41 Å². The Bertz CT molecular complexity index is 5920. The van der Waals surface area contributed by atoms with Gasteiger partial charge in [-0.1, -0.05) is 226 Å². The molecule has 0 aliphatic heterocycles. The van der Waals surface area contributed by atoms with Crippen molar-refractivity contribution in [3.63, 3.8) is 0 Å². The molecule has 3 heterocycles. The molecule has 3 aromatic heterocycles. The van der Waals surface area contributed by atoms with Crippen molar-refractivity contribution >= 4 is 110 Å². The summed E-state index contributed by atoms with van der Waals surface area (Å²) in [4.78, 5) is 0. The maximum absolute atomic E-state index is 3.69. The second-order valence-corrected chi connectivity index (χ2v) is 25.6. The molecule has 0 spiro atoms. The molecule has 6 heteroatoms. The molecule has 0 unspecified atom stereocenters. The van der Waals surface area contributed by atoms with E-state index in [2.05, 4.69) is 395 Å². The number of nitrogens with one attached hydrogen (secondary N) is 3. The topological polar surface area (TPSA) is 50.9 Å². The first-order valence-corrected chi connectivity index (χ1v) is 33.3. The summed E-state index contributed by atoms with van der Waals surface area (Å²) < 4.78 is 7.02. The molecule has 0 fully saturated rings. The fraction of sp³-hybridized carbons (Fsp3) is 0.0330. The van der Waals surface area contributed by atoms with Crippen LogP contribution in [0, 0.1) is 0 Å². The molecule has 0 saturated carbocycles. The maximum atomic E-state index is 3.69. The van der Waals surface area contributed by atoms with Gasteiger partial charge in [-0.05, 0) is 190 Å². The van der Waals surface area contributed by atoms with Crippen LogP contribution in [0.25, 0.3) is 116 Å². The van der Waals surface area contributed by atoms with Crippen LogP contribution in [0.5, 0.6) is 0 Å². The molecule has 0 saturated heterocycles. The Kier molecular flexibility index (Phi) is 14.8. The highest BCUT2D eigenvalue weighted by atomic mass is 15.0. The van der Waals surface area contributed by atoms with E-state index >= 15 is 0 Å². The first-order chi connectivity index (χ1) is 47.8. The van der Waals surface area contributed by atoms with Crippen molar-refractivity contribution in [1.29, 1.82) is 0 Å². The van der Waals surface area contributed by atoms with E-state index in [1.165, 1.54) is 127 Å². The summed E-state index contributed by atoms with van der Waals surface area (Å²) in [6.07, 6.45) is 0. The summed E-state index contributed by atoms with van der Waals surface area (Å²) in [7, 11) is 0. The Morgan fingerprint density at radius 2 is 0.546 bits per heavy atom. The number of fused-ring (bicyclic) bond motifs is 13. The Hall–Kier alpha value is -12.6. The second kappa shape index (κ2) is 24.7. The summed E-state index contributed by atoms with van der Waals surface area (Å²) in [6, 6.07) is 127. The Balaban J connectivity index is 0.000000110. The van der Waals surface area contributed by atoms with Gasteiger partial charge in [0.1, 0.15) is 0 Å². The van der Waals surface area contributed by atoms with Crippen LogP contribution in [0.1, 0.15) is 25.0 Å². The summed E-state index contributed by atoms with van der Waals surface area (Å²) >= 11 is 0. The lowest BCUT2D eigenvalue weighted by Crippen LogP contribution is -2.15. The quantitative estimate of drug-likeness (QED) is 0.128. The van der Waals surface area contributed by atoms with Crippen LogP contribution in [0.15, 0.2) is 358 Å². The Morgan fingerprint density at radius 1 is 0.216 bits per heavy atom. The Morgan fingerprint density at radius 3 is 1.04 bits per heavy atom. The van der Waals surface area contributed by atoms with Crippen molar-refractivity contribution in [1.82, 2.24) is 13.7 Å². The maximum Gasteiger partial charge on any atom is 0.0542 e. The number of para-hydroxylation sites is 6. The smallest absolute Gasteiger partial charge is 0.0542 e. The van der Waals surface area contributed by atoms with Crippen LogP contribution in [-0.4, -0.2) is 13.7 Å². The summed E-state index contributed by atoms with van der Waals surface area (Å²) in [5.74, 6) is 0. The monoisotopic (exact) mass is 1240 g/mol. The highest BCUT2D eigenvalue weighted by Crippen LogP contribution is 2.50. The minimum atomic E-state index is -0.00330. The summed E-state index contributed by atoms with van der Waals surface area (Å²) in [6.45, 7) is 4.65. The number of nitrogens with zero attached hydrogens (tertiary/aromatic N) is 3. The van der Waals surface area contributed by atoms with Crippen LogP contribution in [0.2, 0.25) is 0 Å². The van der Waals surface area contributed by atoms with E-state index in [1.807, 2.05) is 6.07 Å². The van der Waals surface area contributed by atoms with Gasteiger partial charge < -0.3 is 29.7 Å². The van der Waals surface area contributed by atoms with Gasteiger partial charge in [0.25, 0.3) is 0 Å². The highest BCUT2D eigenvalue weighted by molar-refractivity contribution is 6.13. The molecular formula is C91H68N6. The molecule has 0 atom stereocenters. The minimum absolute atomic E-state index is 0.00330. The zero-order valence-electron chi connectivity index (χ0n) is 53.9. The van der Waals surface area contributed by atoms with Gasteiger partial charge >= 0.3 is 0 Å². The predicted molar refractivity (Wildman–Crippen MR) is 412 cm³/mol. The number of aromatic nitrogens is 3. The van der Waals surface area contributed by atoms with Gasteiger partial charge in [-0.3, -0.25) is 0 Å². The fourth-order valence-electron chi connectivity index (χ4n) is 14.6. The van der Waals surface area contributed by atoms with Crippen molar-refractivity contribution in [2.45, 2.75) is 19.3 Å². The summed E-state index contributed by atoms with van der Waals surface area (Å²) in [5.41, 5.74) is 25.4. The van der Waals surface area contributed by atoms with Crippen molar-refractivity contribution in [2.24, 2.45) is 0 Å². The van der Waals surface area contributed by atoms with E-state index < -0.39 is 0 Å². The van der Waals surface area contributed by atoms with Gasteiger partial charge in [-0.25, -0.2) is 0 Å². The van der Waals surface area contributed by atoms with Gasteiger partial charge in [-0.15, -0.1) is 0 Å². The standard InChI is InChI=1S/C33H26N2.C30H22N2.C28H20N2/c1-33(2)29-14-8-6-12-25(29)26-18-16-23(21-30(26)33)34-22-17-19-32-28(20-22)27-13-7-9-15-31(27)35(32)24-10-4-3-5-11-24;1-3-9-22(10-4-1)23-15-17-24(18-16-23)31-25-19-20-30-28(21-25)27-13-7-8-14-29(27)32(30)26-11-5-2-6-12-26;1-2-10-24(11-3-1)30-27-13-7-6-12-25(27)26-19-23(16-17-28(26)30)29-22-15-14-20-8-4-5-9-21(20)18-22/h3-21,34H,1-2H3;1-21,31H;1-19,29H. The van der Waals surface area contributed by atoms with Crippen molar-refractivity contribution in [3.05, 3.63) is 369 Å². The molecule has 0 amide bonds. The number of benzene rings is 15. The van der Waals surface area contributed by atoms with Gasteiger partial charge in [0.05, 0.1) is 33.1 Å². The van der Waals surface area contributed by atoms with Crippen LogP contribution in [0.3, 0.4) is 0 Å². The minimum Gasteiger partial charge on any atom is -0.356 e. The summed E-state index contributed by atoms with van der Waals surface area (Å²) in [5, 5.41) is 20.9. The molecule has 1 aliphatic rings. The van der Waals surface area contributed by atoms with Crippen LogP contribution in [-0.2, 0) is 5.41 Å². The number of hydrogen-bond acceptors (Lipinski definition) is 3. The largest absolute Gasteiger partial charge is 0.356 e. The van der Waals surface area contributed by atoms with Gasteiger partial charge in [0, 0.05) is 88.9 Å². The second-order valence-electron chi connectivity index (χ2n) is 25.6. The number of rotatable bonds is 10. The number of anilines is 6. The Labute approximate surface area is 564 Å². The lowest BCUT2D eigenvalue weighted by molar-refractivity contribution is 0.660. The normalized spacial score (nSPS) is 12.1. The molecule has 6 nitrogen and oxygen atoms in total. The first-order valence-electron chi connectivity index (χ1n) is 33.3.